The molecule has 2 amide bonds. The lowest BCUT2D eigenvalue weighted by Gasteiger charge is -2.37. The van der Waals surface area contributed by atoms with E-state index in [0.717, 1.165) is 25.2 Å². The first-order valence-corrected chi connectivity index (χ1v) is 11.4. The van der Waals surface area contributed by atoms with Crippen LogP contribution in [0.1, 0.15) is 36.1 Å². The lowest BCUT2D eigenvalue weighted by molar-refractivity contribution is -0.140. The van der Waals surface area contributed by atoms with Crippen LogP contribution in [0, 0.1) is 5.92 Å². The van der Waals surface area contributed by atoms with E-state index in [4.69, 9.17) is 0 Å². The molecule has 2 aromatic rings. The predicted octanol–water partition coefficient (Wildman–Crippen LogP) is 3.27. The minimum atomic E-state index is -0.391. The Kier molecular flexibility index (Phi) is 6.62. The molecule has 5 nitrogen and oxygen atoms in total. The van der Waals surface area contributed by atoms with Gasteiger partial charge < -0.3 is 10.2 Å². The Bertz CT molecular complexity index is 805. The maximum atomic E-state index is 13.3. The van der Waals surface area contributed by atoms with Gasteiger partial charge in [0.15, 0.2) is 0 Å². The minimum Gasteiger partial charge on any atom is -0.353 e. The van der Waals surface area contributed by atoms with Crippen molar-refractivity contribution < 1.29 is 9.59 Å². The maximum Gasteiger partial charge on any atom is 0.237 e. The molecular formula is C23H29N3O2S. The highest BCUT2D eigenvalue weighted by Gasteiger charge is 2.34. The van der Waals surface area contributed by atoms with E-state index in [2.05, 4.69) is 33.8 Å². The Morgan fingerprint density at radius 1 is 1.17 bits per heavy atom. The summed E-state index contributed by atoms with van der Waals surface area (Å²) in [6.45, 7) is 3.57. The molecule has 154 valence electrons. The Labute approximate surface area is 176 Å². The number of rotatable bonds is 8. The van der Waals surface area contributed by atoms with Crippen LogP contribution in [0.25, 0.3) is 0 Å². The number of thiophene rings is 1. The van der Waals surface area contributed by atoms with E-state index in [-0.39, 0.29) is 18.2 Å². The summed E-state index contributed by atoms with van der Waals surface area (Å²) in [5, 5.41) is 5.01. The quantitative estimate of drug-likeness (QED) is 0.725. The van der Waals surface area contributed by atoms with Crippen molar-refractivity contribution in [3.05, 3.63) is 58.3 Å². The molecule has 2 aliphatic rings. The predicted molar refractivity (Wildman–Crippen MR) is 115 cm³/mol. The second-order valence-electron chi connectivity index (χ2n) is 8.12. The van der Waals surface area contributed by atoms with Crippen molar-refractivity contribution in [2.45, 2.75) is 44.8 Å². The molecule has 2 heterocycles. The van der Waals surface area contributed by atoms with Crippen molar-refractivity contribution in [1.29, 1.82) is 0 Å². The maximum absolute atomic E-state index is 13.3. The molecule has 1 atom stereocenters. The van der Waals surface area contributed by atoms with Crippen LogP contribution in [0.4, 0.5) is 0 Å². The van der Waals surface area contributed by atoms with Gasteiger partial charge in [0.2, 0.25) is 11.8 Å². The average Bonchev–Trinajstić information content (AvgIpc) is 3.20. The first-order valence-electron chi connectivity index (χ1n) is 10.5. The first-order chi connectivity index (χ1) is 14.2. The number of piperazine rings is 1. The third kappa shape index (κ3) is 5.25. The molecule has 1 aliphatic heterocycles. The number of carbonyl (C=O) groups excluding carboxylic acids is 2. The van der Waals surface area contributed by atoms with Crippen molar-refractivity contribution in [3.8, 4) is 0 Å². The molecule has 1 aromatic carbocycles. The lowest BCUT2D eigenvalue weighted by Crippen LogP contribution is -2.56. The lowest BCUT2D eigenvalue weighted by atomic mass is 9.85. The summed E-state index contributed by atoms with van der Waals surface area (Å²) < 4.78 is 0. The van der Waals surface area contributed by atoms with Crippen LogP contribution in [-0.2, 0) is 22.7 Å². The Hall–Kier alpha value is -2.18. The SMILES string of the molecule is O=C1NCCN(Cc2cccs2)C1CC(=O)N(Cc1ccccc1)CC1CCC1. The fourth-order valence-corrected chi connectivity index (χ4v) is 4.85. The summed E-state index contributed by atoms with van der Waals surface area (Å²) >= 11 is 1.70. The van der Waals surface area contributed by atoms with E-state index in [1.54, 1.807) is 11.3 Å². The van der Waals surface area contributed by atoms with Crippen LogP contribution >= 0.6 is 11.3 Å². The van der Waals surface area contributed by atoms with Gasteiger partial charge in [-0.2, -0.15) is 0 Å². The van der Waals surface area contributed by atoms with Crippen molar-refractivity contribution in [3.63, 3.8) is 0 Å². The van der Waals surface area contributed by atoms with Crippen molar-refractivity contribution in [2.75, 3.05) is 19.6 Å². The molecule has 1 N–H and O–H groups in total. The normalized spacial score (nSPS) is 20.1. The molecule has 1 saturated carbocycles. The molecule has 4 rings (SSSR count). The first kappa shape index (κ1) is 20.1. The summed E-state index contributed by atoms with van der Waals surface area (Å²) in [4.78, 5) is 31.3. The molecule has 1 aromatic heterocycles. The van der Waals surface area contributed by atoms with Gasteiger partial charge in [-0.1, -0.05) is 42.8 Å². The van der Waals surface area contributed by atoms with Crippen molar-refractivity contribution in [1.82, 2.24) is 15.1 Å². The number of benzene rings is 1. The Balaban J connectivity index is 1.45. The zero-order valence-corrected chi connectivity index (χ0v) is 17.6. The zero-order valence-electron chi connectivity index (χ0n) is 16.8. The molecular weight excluding hydrogens is 382 g/mol. The number of carbonyl (C=O) groups is 2. The van der Waals surface area contributed by atoms with Gasteiger partial charge in [-0.3, -0.25) is 14.5 Å². The molecule has 0 spiro atoms. The number of nitrogens with zero attached hydrogens (tertiary/aromatic N) is 2. The second-order valence-corrected chi connectivity index (χ2v) is 9.15. The van der Waals surface area contributed by atoms with Gasteiger partial charge in [-0.15, -0.1) is 11.3 Å². The van der Waals surface area contributed by atoms with Gasteiger partial charge in [0.1, 0.15) is 0 Å². The van der Waals surface area contributed by atoms with Crippen LogP contribution < -0.4 is 5.32 Å². The average molecular weight is 412 g/mol. The van der Waals surface area contributed by atoms with Gasteiger partial charge >= 0.3 is 0 Å². The van der Waals surface area contributed by atoms with Gasteiger partial charge in [0, 0.05) is 37.6 Å². The van der Waals surface area contributed by atoms with E-state index in [9.17, 15) is 9.59 Å². The summed E-state index contributed by atoms with van der Waals surface area (Å²) in [5.74, 6) is 0.661. The second kappa shape index (κ2) is 9.55. The fraction of sp³-hybridized carbons (Fsp3) is 0.478. The summed E-state index contributed by atoms with van der Waals surface area (Å²) in [7, 11) is 0. The van der Waals surface area contributed by atoms with Gasteiger partial charge in [-0.25, -0.2) is 0 Å². The molecule has 1 saturated heterocycles. The largest absolute Gasteiger partial charge is 0.353 e. The molecule has 1 unspecified atom stereocenters. The zero-order chi connectivity index (χ0) is 20.1. The van der Waals surface area contributed by atoms with Crippen LogP contribution in [0.3, 0.4) is 0 Å². The van der Waals surface area contributed by atoms with Gasteiger partial charge in [0.25, 0.3) is 0 Å². The Morgan fingerprint density at radius 2 is 2.00 bits per heavy atom. The number of nitrogens with one attached hydrogen (secondary N) is 1. The summed E-state index contributed by atoms with van der Waals surface area (Å²) in [6, 6.07) is 13.9. The molecule has 0 radical (unpaired) electrons. The van der Waals surface area contributed by atoms with E-state index in [0.29, 0.717) is 19.0 Å². The highest BCUT2D eigenvalue weighted by atomic mass is 32.1. The van der Waals surface area contributed by atoms with E-state index in [1.165, 1.54) is 24.1 Å². The van der Waals surface area contributed by atoms with Gasteiger partial charge in [-0.05, 0) is 35.8 Å². The fourth-order valence-electron chi connectivity index (χ4n) is 4.12. The molecule has 0 bridgehead atoms. The van der Waals surface area contributed by atoms with E-state index in [1.807, 2.05) is 29.2 Å². The molecule has 29 heavy (non-hydrogen) atoms. The number of hydrogen-bond acceptors (Lipinski definition) is 4. The van der Waals surface area contributed by atoms with Crippen molar-refractivity contribution in [2.24, 2.45) is 5.92 Å². The van der Waals surface area contributed by atoms with Crippen LogP contribution in [0.15, 0.2) is 47.8 Å². The summed E-state index contributed by atoms with van der Waals surface area (Å²) in [5.41, 5.74) is 1.14. The molecule has 1 aliphatic carbocycles. The third-order valence-corrected chi connectivity index (χ3v) is 6.88. The Morgan fingerprint density at radius 3 is 2.69 bits per heavy atom. The van der Waals surface area contributed by atoms with E-state index >= 15 is 0 Å². The highest BCUT2D eigenvalue weighted by molar-refractivity contribution is 7.09. The van der Waals surface area contributed by atoms with Gasteiger partial charge in [0.05, 0.1) is 12.5 Å². The van der Waals surface area contributed by atoms with Crippen LogP contribution in [-0.4, -0.2) is 47.3 Å². The third-order valence-electron chi connectivity index (χ3n) is 6.02. The number of amides is 2. The molecule has 2 fully saturated rings. The van der Waals surface area contributed by atoms with Crippen LogP contribution in [0.5, 0.6) is 0 Å². The highest BCUT2D eigenvalue weighted by Crippen LogP contribution is 2.28. The van der Waals surface area contributed by atoms with Crippen LogP contribution in [0.2, 0.25) is 0 Å². The monoisotopic (exact) mass is 411 g/mol. The standard InChI is InChI=1S/C23H29N3O2S/c27-22(26(16-19-8-4-9-19)15-18-6-2-1-3-7-18)14-21-23(28)24-11-12-25(21)17-20-10-5-13-29-20/h1-3,5-7,10,13,19,21H,4,8-9,11-12,14-17H2,(H,24,28). The minimum absolute atomic E-state index is 0.0236. The van der Waals surface area contributed by atoms with Crippen molar-refractivity contribution >= 4 is 23.2 Å². The topological polar surface area (TPSA) is 52.7 Å². The molecule has 6 heteroatoms. The van der Waals surface area contributed by atoms with E-state index < -0.39 is 6.04 Å². The smallest absolute Gasteiger partial charge is 0.237 e. The number of hydrogen-bond donors (Lipinski definition) is 1. The summed E-state index contributed by atoms with van der Waals surface area (Å²) in [6.07, 6.45) is 3.91.